The van der Waals surface area contributed by atoms with Gasteiger partial charge in [-0.3, -0.25) is 9.52 Å². The van der Waals surface area contributed by atoms with Gasteiger partial charge < -0.3 is 9.84 Å². The van der Waals surface area contributed by atoms with Gasteiger partial charge in [0.25, 0.3) is 16.5 Å². The maximum absolute atomic E-state index is 10.9. The van der Waals surface area contributed by atoms with Crippen molar-refractivity contribution in [3.63, 3.8) is 0 Å². The minimum Gasteiger partial charge on any atom is -0.462 e. The minimum atomic E-state index is -3.20. The summed E-state index contributed by atoms with van der Waals surface area (Å²) in [6.45, 7) is 5.85. The number of aliphatic hydroxyl groups is 1. The second kappa shape index (κ2) is 5.58. The van der Waals surface area contributed by atoms with E-state index in [0.29, 0.717) is 22.6 Å². The molecule has 0 aromatic heterocycles. The van der Waals surface area contributed by atoms with Crippen molar-refractivity contribution in [2.45, 2.75) is 37.9 Å². The number of carbonyl (C=O) groups excluding carboxylic acids is 1. The largest absolute Gasteiger partial charge is 0.462 e. The molecule has 1 aromatic rings. The lowest BCUT2D eigenvalue weighted by Crippen LogP contribution is -2.24. The Bertz CT molecular complexity index is 560. The summed E-state index contributed by atoms with van der Waals surface area (Å²) in [7, 11) is -3.20. The number of rotatable bonds is 2. The third-order valence-corrected chi connectivity index (χ3v) is 3.59. The molecule has 2 N–H and O–H groups in total. The van der Waals surface area contributed by atoms with E-state index in [2.05, 4.69) is 9.46 Å². The average molecular weight is 287 g/mol. The van der Waals surface area contributed by atoms with Crippen LogP contribution in [0.1, 0.15) is 26.3 Å². The second-order valence-corrected chi connectivity index (χ2v) is 6.57. The zero-order valence-electron chi connectivity index (χ0n) is 11.0. The SMILES string of the molecule is CC(C)(C)OC=O.O=S1(=O)Nc2cc(CO)ccc21. The highest BCUT2D eigenvalue weighted by molar-refractivity contribution is 7.94. The number of anilines is 1. The van der Waals surface area contributed by atoms with Crippen LogP contribution in [-0.2, 0) is 26.2 Å². The van der Waals surface area contributed by atoms with Crippen LogP contribution in [0.3, 0.4) is 0 Å². The molecule has 1 heterocycles. The molecule has 0 radical (unpaired) electrons. The Morgan fingerprint density at radius 1 is 1.37 bits per heavy atom. The summed E-state index contributed by atoms with van der Waals surface area (Å²) in [6.07, 6.45) is 0. The van der Waals surface area contributed by atoms with E-state index in [1.165, 1.54) is 6.07 Å². The van der Waals surface area contributed by atoms with Crippen molar-refractivity contribution in [2.75, 3.05) is 4.72 Å². The number of benzene rings is 1. The summed E-state index contributed by atoms with van der Waals surface area (Å²) in [5, 5.41) is 8.73. The van der Waals surface area contributed by atoms with E-state index >= 15 is 0 Å². The van der Waals surface area contributed by atoms with Crippen molar-refractivity contribution in [1.29, 1.82) is 0 Å². The van der Waals surface area contributed by atoms with E-state index in [9.17, 15) is 13.2 Å². The quantitative estimate of drug-likeness (QED) is 0.799. The van der Waals surface area contributed by atoms with Crippen LogP contribution in [0.15, 0.2) is 23.1 Å². The van der Waals surface area contributed by atoms with Crippen molar-refractivity contribution in [2.24, 2.45) is 0 Å². The van der Waals surface area contributed by atoms with Gasteiger partial charge in [0, 0.05) is 0 Å². The van der Waals surface area contributed by atoms with Crippen molar-refractivity contribution in [3.05, 3.63) is 23.8 Å². The smallest absolute Gasteiger partial charge is 0.293 e. The van der Waals surface area contributed by atoms with Crippen LogP contribution in [0.25, 0.3) is 0 Å². The molecule has 0 bridgehead atoms. The second-order valence-electron chi connectivity index (χ2n) is 4.92. The highest BCUT2D eigenvalue weighted by Gasteiger charge is 2.29. The number of nitrogens with one attached hydrogen (secondary N) is 1. The summed E-state index contributed by atoms with van der Waals surface area (Å²) in [5.41, 5.74) is 0.958. The van der Waals surface area contributed by atoms with Gasteiger partial charge in [-0.25, -0.2) is 8.42 Å². The van der Waals surface area contributed by atoms with E-state index in [-0.39, 0.29) is 12.2 Å². The molecule has 0 amide bonds. The molecule has 0 saturated carbocycles. The number of carbonyl (C=O) groups is 1. The fourth-order valence-corrected chi connectivity index (χ4v) is 2.35. The first-order valence-electron chi connectivity index (χ1n) is 5.57. The van der Waals surface area contributed by atoms with E-state index in [4.69, 9.17) is 5.11 Å². The van der Waals surface area contributed by atoms with Gasteiger partial charge in [0.05, 0.1) is 12.3 Å². The molecule has 0 unspecified atom stereocenters. The van der Waals surface area contributed by atoms with Gasteiger partial charge in [-0.2, -0.15) is 0 Å². The van der Waals surface area contributed by atoms with Crippen LogP contribution in [0.2, 0.25) is 0 Å². The van der Waals surface area contributed by atoms with Crippen LogP contribution in [0.5, 0.6) is 0 Å². The lowest BCUT2D eigenvalue weighted by Gasteiger charge is -2.21. The molecule has 1 aromatic carbocycles. The summed E-state index contributed by atoms with van der Waals surface area (Å²) >= 11 is 0. The minimum absolute atomic E-state index is 0.0744. The predicted octanol–water partition coefficient (Wildman–Crippen LogP) is 1.25. The third-order valence-electron chi connectivity index (χ3n) is 2.16. The summed E-state index contributed by atoms with van der Waals surface area (Å²) in [5.74, 6) is 0. The van der Waals surface area contributed by atoms with Crippen molar-refractivity contribution >= 4 is 22.2 Å². The molecule has 1 aliphatic rings. The van der Waals surface area contributed by atoms with Crippen molar-refractivity contribution < 1.29 is 23.1 Å². The van der Waals surface area contributed by atoms with Crippen LogP contribution in [-0.4, -0.2) is 25.6 Å². The number of sulfonamides is 1. The average Bonchev–Trinajstić information content (AvgIpc) is 2.26. The molecule has 7 heteroatoms. The van der Waals surface area contributed by atoms with Gasteiger partial charge >= 0.3 is 0 Å². The van der Waals surface area contributed by atoms with E-state index in [1.807, 2.05) is 20.8 Å². The number of fused-ring (bicyclic) bond motifs is 1. The Hall–Kier alpha value is -1.60. The van der Waals surface area contributed by atoms with Crippen molar-refractivity contribution in [3.8, 4) is 0 Å². The first-order chi connectivity index (χ1) is 8.69. The fourth-order valence-electron chi connectivity index (χ4n) is 1.29. The van der Waals surface area contributed by atoms with Gasteiger partial charge in [0.15, 0.2) is 0 Å². The monoisotopic (exact) mass is 287 g/mol. The third kappa shape index (κ3) is 4.22. The molecule has 2 rings (SSSR count). The van der Waals surface area contributed by atoms with Crippen LogP contribution in [0.4, 0.5) is 5.69 Å². The molecule has 19 heavy (non-hydrogen) atoms. The summed E-state index contributed by atoms with van der Waals surface area (Å²) in [6, 6.07) is 4.71. The Kier molecular flexibility index (Phi) is 4.54. The summed E-state index contributed by atoms with van der Waals surface area (Å²) in [4.78, 5) is 9.90. The molecule has 0 atom stereocenters. The fraction of sp³-hybridized carbons (Fsp3) is 0.417. The highest BCUT2D eigenvalue weighted by Crippen LogP contribution is 2.33. The lowest BCUT2D eigenvalue weighted by molar-refractivity contribution is -0.138. The van der Waals surface area contributed by atoms with E-state index in [1.54, 1.807) is 12.1 Å². The van der Waals surface area contributed by atoms with Gasteiger partial charge in [-0.1, -0.05) is 6.07 Å². The molecular weight excluding hydrogens is 270 g/mol. The Morgan fingerprint density at radius 2 is 2.00 bits per heavy atom. The maximum atomic E-state index is 10.9. The molecule has 0 saturated heterocycles. The standard InChI is InChI=1S/C7H7NO3S.C5H10O2/c9-4-5-1-2-7-6(3-5)8-12(7,10)11;1-5(2,3)7-4-6/h1-3,8-9H,4H2;4H,1-3H3. The molecular formula is C12H17NO5S. The molecule has 1 aliphatic heterocycles. The Balaban J connectivity index is 0.000000224. The molecule has 6 nitrogen and oxygen atoms in total. The van der Waals surface area contributed by atoms with Gasteiger partial charge in [-0.05, 0) is 38.5 Å². The van der Waals surface area contributed by atoms with Gasteiger partial charge in [0.1, 0.15) is 10.5 Å². The van der Waals surface area contributed by atoms with E-state index in [0.717, 1.165) is 0 Å². The molecule has 106 valence electrons. The van der Waals surface area contributed by atoms with Crippen molar-refractivity contribution in [1.82, 2.24) is 0 Å². The molecule has 0 aliphatic carbocycles. The number of aliphatic hydroxyl groups excluding tert-OH is 1. The Morgan fingerprint density at radius 3 is 2.32 bits per heavy atom. The first-order valence-corrected chi connectivity index (χ1v) is 7.06. The molecule has 0 fully saturated rings. The number of hydrogen-bond donors (Lipinski definition) is 2. The molecule has 0 spiro atoms. The van der Waals surface area contributed by atoms with Gasteiger partial charge in [-0.15, -0.1) is 0 Å². The first kappa shape index (κ1) is 15.5. The highest BCUT2D eigenvalue weighted by atomic mass is 32.2. The zero-order chi connectivity index (χ0) is 14.7. The Labute approximate surface area is 112 Å². The lowest BCUT2D eigenvalue weighted by atomic mass is 10.2. The topological polar surface area (TPSA) is 92.7 Å². The van der Waals surface area contributed by atoms with Gasteiger partial charge in [0.2, 0.25) is 0 Å². The number of ether oxygens (including phenoxy) is 1. The normalized spacial score (nSPS) is 14.9. The van der Waals surface area contributed by atoms with Crippen LogP contribution in [0, 0.1) is 0 Å². The van der Waals surface area contributed by atoms with Crippen LogP contribution >= 0.6 is 0 Å². The zero-order valence-corrected chi connectivity index (χ0v) is 11.8. The summed E-state index contributed by atoms with van der Waals surface area (Å²) < 4.78 is 28.7. The van der Waals surface area contributed by atoms with E-state index < -0.39 is 10.0 Å². The number of hydrogen-bond acceptors (Lipinski definition) is 5. The predicted molar refractivity (Wildman–Crippen MR) is 70.1 cm³/mol. The maximum Gasteiger partial charge on any atom is 0.293 e. The van der Waals surface area contributed by atoms with Crippen LogP contribution < -0.4 is 4.72 Å².